The molecule has 3 rings (SSSR count). The highest BCUT2D eigenvalue weighted by molar-refractivity contribution is 7.22. The SMILES string of the molecule is COCCn1nc(C(=O)Nc2nc3ccc(OC)cc3s2)ccc1=O. The number of benzene rings is 1. The number of ether oxygens (including phenoxy) is 2. The lowest BCUT2D eigenvalue weighted by atomic mass is 10.3. The molecule has 0 bridgehead atoms. The first-order chi connectivity index (χ1) is 12.1. The quantitative estimate of drug-likeness (QED) is 0.720. The van der Waals surface area contributed by atoms with Gasteiger partial charge in [-0.05, 0) is 24.3 Å². The third kappa shape index (κ3) is 3.83. The fraction of sp³-hybridized carbons (Fsp3) is 0.250. The van der Waals surface area contributed by atoms with Gasteiger partial charge in [-0.3, -0.25) is 14.9 Å². The maximum absolute atomic E-state index is 12.4. The van der Waals surface area contributed by atoms with Crippen molar-refractivity contribution >= 4 is 32.6 Å². The van der Waals surface area contributed by atoms with Gasteiger partial charge in [-0.2, -0.15) is 5.10 Å². The molecule has 0 saturated carbocycles. The number of nitrogens with one attached hydrogen (secondary N) is 1. The number of methoxy groups -OCH3 is 2. The van der Waals surface area contributed by atoms with Crippen LogP contribution in [0.5, 0.6) is 5.75 Å². The Kier molecular flexibility index (Phi) is 5.05. The highest BCUT2D eigenvalue weighted by Crippen LogP contribution is 2.29. The van der Waals surface area contributed by atoms with Gasteiger partial charge in [0.25, 0.3) is 11.5 Å². The highest BCUT2D eigenvalue weighted by Gasteiger charge is 2.13. The van der Waals surface area contributed by atoms with Gasteiger partial charge in [0.15, 0.2) is 5.13 Å². The summed E-state index contributed by atoms with van der Waals surface area (Å²) < 4.78 is 12.2. The van der Waals surface area contributed by atoms with E-state index in [0.29, 0.717) is 11.7 Å². The smallest absolute Gasteiger partial charge is 0.277 e. The zero-order valence-electron chi connectivity index (χ0n) is 13.7. The fourth-order valence-electron chi connectivity index (χ4n) is 2.15. The molecule has 2 heterocycles. The second-order valence-corrected chi connectivity index (χ2v) is 6.11. The molecular formula is C16H16N4O4S. The van der Waals surface area contributed by atoms with Crippen molar-refractivity contribution in [2.45, 2.75) is 6.54 Å². The molecule has 3 aromatic rings. The van der Waals surface area contributed by atoms with Crippen LogP contribution in [0.3, 0.4) is 0 Å². The lowest BCUT2D eigenvalue weighted by Crippen LogP contribution is -2.27. The molecule has 1 N–H and O–H groups in total. The summed E-state index contributed by atoms with van der Waals surface area (Å²) in [5.41, 5.74) is 0.604. The first kappa shape index (κ1) is 17.1. The van der Waals surface area contributed by atoms with E-state index in [4.69, 9.17) is 9.47 Å². The van der Waals surface area contributed by atoms with Gasteiger partial charge in [-0.15, -0.1) is 0 Å². The molecule has 2 aromatic heterocycles. The third-order valence-corrected chi connectivity index (χ3v) is 4.36. The van der Waals surface area contributed by atoms with E-state index in [-0.39, 0.29) is 17.8 Å². The van der Waals surface area contributed by atoms with E-state index in [1.807, 2.05) is 12.1 Å². The summed E-state index contributed by atoms with van der Waals surface area (Å²) in [6, 6.07) is 8.17. The molecule has 0 spiro atoms. The van der Waals surface area contributed by atoms with Gasteiger partial charge < -0.3 is 9.47 Å². The van der Waals surface area contributed by atoms with Crippen molar-refractivity contribution in [2.24, 2.45) is 0 Å². The minimum Gasteiger partial charge on any atom is -0.497 e. The van der Waals surface area contributed by atoms with Crippen LogP contribution in [-0.4, -0.2) is 41.5 Å². The Balaban J connectivity index is 1.81. The van der Waals surface area contributed by atoms with E-state index < -0.39 is 5.91 Å². The normalized spacial score (nSPS) is 10.8. The Morgan fingerprint density at radius 3 is 2.88 bits per heavy atom. The van der Waals surface area contributed by atoms with Crippen molar-refractivity contribution in [3.05, 3.63) is 46.4 Å². The summed E-state index contributed by atoms with van der Waals surface area (Å²) in [4.78, 5) is 28.5. The van der Waals surface area contributed by atoms with E-state index in [9.17, 15) is 9.59 Å². The number of amides is 1. The summed E-state index contributed by atoms with van der Waals surface area (Å²) in [5.74, 6) is 0.290. The van der Waals surface area contributed by atoms with Crippen molar-refractivity contribution in [1.82, 2.24) is 14.8 Å². The van der Waals surface area contributed by atoms with Crippen LogP contribution in [0.2, 0.25) is 0 Å². The molecule has 0 radical (unpaired) electrons. The van der Waals surface area contributed by atoms with Gasteiger partial charge in [-0.25, -0.2) is 9.67 Å². The lowest BCUT2D eigenvalue weighted by molar-refractivity contribution is 0.101. The number of carbonyl (C=O) groups excluding carboxylic acids is 1. The fourth-order valence-corrected chi connectivity index (χ4v) is 3.04. The average molecular weight is 360 g/mol. The number of fused-ring (bicyclic) bond motifs is 1. The Hall–Kier alpha value is -2.78. The number of carbonyl (C=O) groups is 1. The zero-order valence-corrected chi connectivity index (χ0v) is 14.5. The van der Waals surface area contributed by atoms with Crippen LogP contribution in [0.15, 0.2) is 35.1 Å². The standard InChI is InChI=1S/C16H16N4O4S/c1-23-8-7-20-14(21)6-5-12(19-20)15(22)18-16-17-11-4-3-10(24-2)9-13(11)25-16/h3-6,9H,7-8H2,1-2H3,(H,17,18,22). The van der Waals surface area contributed by atoms with Crippen LogP contribution in [0.4, 0.5) is 5.13 Å². The number of aromatic nitrogens is 3. The molecule has 9 heteroatoms. The van der Waals surface area contributed by atoms with E-state index >= 15 is 0 Å². The number of anilines is 1. The van der Waals surface area contributed by atoms with Gasteiger partial charge in [0.05, 0.1) is 30.5 Å². The molecule has 0 saturated heterocycles. The molecular weight excluding hydrogens is 344 g/mol. The molecule has 0 fully saturated rings. The van der Waals surface area contributed by atoms with E-state index in [1.165, 1.54) is 35.3 Å². The van der Waals surface area contributed by atoms with Crippen LogP contribution in [-0.2, 0) is 11.3 Å². The van der Waals surface area contributed by atoms with Crippen LogP contribution < -0.4 is 15.6 Å². The molecule has 8 nitrogen and oxygen atoms in total. The van der Waals surface area contributed by atoms with Crippen LogP contribution >= 0.6 is 11.3 Å². The van der Waals surface area contributed by atoms with Gasteiger partial charge in [0.2, 0.25) is 0 Å². The number of nitrogens with zero attached hydrogens (tertiary/aromatic N) is 3. The number of rotatable bonds is 6. The molecule has 1 aromatic carbocycles. The number of hydrogen-bond donors (Lipinski definition) is 1. The minimum atomic E-state index is -0.433. The predicted molar refractivity (Wildman–Crippen MR) is 94.5 cm³/mol. The highest BCUT2D eigenvalue weighted by atomic mass is 32.1. The largest absolute Gasteiger partial charge is 0.497 e. The molecule has 0 aliphatic carbocycles. The molecule has 0 unspecified atom stereocenters. The summed E-state index contributed by atoms with van der Waals surface area (Å²) in [7, 11) is 3.12. The van der Waals surface area contributed by atoms with Crippen LogP contribution in [0.1, 0.15) is 10.5 Å². The van der Waals surface area contributed by atoms with Crippen molar-refractivity contribution in [2.75, 3.05) is 26.1 Å². The number of thiazole rings is 1. The Bertz CT molecular complexity index is 966. The number of hydrogen-bond acceptors (Lipinski definition) is 7. The molecule has 0 aliphatic heterocycles. The third-order valence-electron chi connectivity index (χ3n) is 3.42. The summed E-state index contributed by atoms with van der Waals surface area (Å²) in [6.07, 6.45) is 0. The lowest BCUT2D eigenvalue weighted by Gasteiger charge is -2.06. The maximum atomic E-state index is 12.4. The average Bonchev–Trinajstić information content (AvgIpc) is 3.02. The van der Waals surface area contributed by atoms with Gasteiger partial charge in [0, 0.05) is 13.2 Å². The summed E-state index contributed by atoms with van der Waals surface area (Å²) in [5, 5.41) is 7.21. The van der Waals surface area contributed by atoms with Crippen LogP contribution in [0, 0.1) is 0 Å². The van der Waals surface area contributed by atoms with Crippen molar-refractivity contribution in [3.8, 4) is 5.75 Å². The predicted octanol–water partition coefficient (Wildman–Crippen LogP) is 1.76. The molecule has 130 valence electrons. The Morgan fingerprint density at radius 2 is 2.12 bits per heavy atom. The zero-order chi connectivity index (χ0) is 17.8. The summed E-state index contributed by atoms with van der Waals surface area (Å²) in [6.45, 7) is 0.606. The Morgan fingerprint density at radius 1 is 1.28 bits per heavy atom. The van der Waals surface area contributed by atoms with Gasteiger partial charge in [0.1, 0.15) is 11.4 Å². The molecule has 25 heavy (non-hydrogen) atoms. The van der Waals surface area contributed by atoms with E-state index in [2.05, 4.69) is 15.4 Å². The molecule has 1 amide bonds. The van der Waals surface area contributed by atoms with Crippen molar-refractivity contribution < 1.29 is 14.3 Å². The Labute approximate surface area is 147 Å². The van der Waals surface area contributed by atoms with Gasteiger partial charge >= 0.3 is 0 Å². The topological polar surface area (TPSA) is 95.3 Å². The van der Waals surface area contributed by atoms with Crippen LogP contribution in [0.25, 0.3) is 10.2 Å². The van der Waals surface area contributed by atoms with Crippen molar-refractivity contribution in [1.29, 1.82) is 0 Å². The maximum Gasteiger partial charge on any atom is 0.277 e. The minimum absolute atomic E-state index is 0.132. The second-order valence-electron chi connectivity index (χ2n) is 5.08. The first-order valence-corrected chi connectivity index (χ1v) is 8.25. The second kappa shape index (κ2) is 7.41. The summed E-state index contributed by atoms with van der Waals surface area (Å²) >= 11 is 1.33. The molecule has 0 aliphatic rings. The first-order valence-electron chi connectivity index (χ1n) is 7.44. The van der Waals surface area contributed by atoms with E-state index in [1.54, 1.807) is 13.2 Å². The van der Waals surface area contributed by atoms with Gasteiger partial charge in [-0.1, -0.05) is 11.3 Å². The molecule has 0 atom stereocenters. The monoisotopic (exact) mass is 360 g/mol. The van der Waals surface area contributed by atoms with Crippen molar-refractivity contribution in [3.63, 3.8) is 0 Å². The van der Waals surface area contributed by atoms with E-state index in [0.717, 1.165) is 16.0 Å².